The Morgan fingerprint density at radius 3 is 2.50 bits per heavy atom. The fraction of sp³-hybridized carbons (Fsp3) is 0.321. The molecule has 0 atom stereocenters. The summed E-state index contributed by atoms with van der Waals surface area (Å²) in [7, 11) is 0. The molecule has 1 aliphatic carbocycles. The van der Waals surface area contributed by atoms with E-state index < -0.39 is 0 Å². The number of ether oxygens (including phenoxy) is 1. The molecule has 4 heterocycles. The van der Waals surface area contributed by atoms with Gasteiger partial charge in [-0.15, -0.1) is 0 Å². The number of imidazole rings is 1. The van der Waals surface area contributed by atoms with E-state index >= 15 is 0 Å². The Balaban J connectivity index is 1.15. The molecule has 7 nitrogen and oxygen atoms in total. The number of piperazine rings is 1. The molecule has 1 aromatic carbocycles. The summed E-state index contributed by atoms with van der Waals surface area (Å²) in [5, 5.41) is 0.708. The van der Waals surface area contributed by atoms with Gasteiger partial charge in [0, 0.05) is 55.6 Å². The van der Waals surface area contributed by atoms with Crippen LogP contribution >= 0.6 is 11.6 Å². The van der Waals surface area contributed by atoms with Crippen LogP contribution in [0.1, 0.15) is 35.4 Å². The van der Waals surface area contributed by atoms with Crippen molar-refractivity contribution in [3.63, 3.8) is 0 Å². The van der Waals surface area contributed by atoms with Crippen LogP contribution in [-0.2, 0) is 6.54 Å². The lowest BCUT2D eigenvalue weighted by Crippen LogP contribution is -2.48. The van der Waals surface area contributed by atoms with Gasteiger partial charge >= 0.3 is 0 Å². The van der Waals surface area contributed by atoms with E-state index in [0.29, 0.717) is 29.7 Å². The largest absolute Gasteiger partial charge is 0.474 e. The Bertz CT molecular complexity index is 1370. The summed E-state index contributed by atoms with van der Waals surface area (Å²) in [5.41, 5.74) is 4.51. The molecule has 36 heavy (non-hydrogen) atoms. The van der Waals surface area contributed by atoms with Gasteiger partial charge in [-0.3, -0.25) is 9.69 Å². The number of hydrogen-bond donors (Lipinski definition) is 0. The van der Waals surface area contributed by atoms with E-state index in [1.54, 1.807) is 6.07 Å². The molecule has 2 aliphatic rings. The van der Waals surface area contributed by atoms with Gasteiger partial charge in [0.15, 0.2) is 0 Å². The van der Waals surface area contributed by atoms with Gasteiger partial charge in [0.2, 0.25) is 5.88 Å². The normalized spacial score (nSPS) is 16.8. The standard InChI is InChI=1S/C28H28ClN5O2/c29-21-12-10-20(11-13-21)27-24(34-14-2-1-8-25(34)31-27)19-32-15-17-33(18-16-32)28(35)23-7-4-9-26(30-23)36-22-5-3-6-22/h1-2,4,7-14,22H,3,5-6,15-19H2. The second-order valence-corrected chi connectivity index (χ2v) is 9.88. The number of aromatic nitrogens is 3. The summed E-state index contributed by atoms with van der Waals surface area (Å²) in [5.74, 6) is 0.511. The number of fused-ring (bicyclic) bond motifs is 1. The summed E-state index contributed by atoms with van der Waals surface area (Å²) in [6.07, 6.45) is 5.62. The zero-order valence-corrected chi connectivity index (χ0v) is 20.8. The number of benzene rings is 1. The highest BCUT2D eigenvalue weighted by Gasteiger charge is 2.26. The minimum absolute atomic E-state index is 0.0367. The maximum atomic E-state index is 13.2. The molecule has 0 bridgehead atoms. The van der Waals surface area contributed by atoms with Gasteiger partial charge in [-0.05, 0) is 49.6 Å². The van der Waals surface area contributed by atoms with Crippen molar-refractivity contribution in [2.75, 3.05) is 26.2 Å². The number of amides is 1. The molecule has 8 heteroatoms. The highest BCUT2D eigenvalue weighted by Crippen LogP contribution is 2.28. The molecule has 0 unspecified atom stereocenters. The number of hydrogen-bond acceptors (Lipinski definition) is 5. The maximum absolute atomic E-state index is 13.2. The summed E-state index contributed by atoms with van der Waals surface area (Å²) >= 11 is 6.12. The van der Waals surface area contributed by atoms with Crippen LogP contribution in [0.15, 0.2) is 66.9 Å². The third-order valence-corrected chi connectivity index (χ3v) is 7.31. The summed E-state index contributed by atoms with van der Waals surface area (Å²) < 4.78 is 8.04. The van der Waals surface area contributed by atoms with Crippen LogP contribution in [0.4, 0.5) is 0 Å². The van der Waals surface area contributed by atoms with Crippen molar-refractivity contribution < 1.29 is 9.53 Å². The Kier molecular flexibility index (Phi) is 6.34. The molecule has 184 valence electrons. The van der Waals surface area contributed by atoms with Gasteiger partial charge in [-0.2, -0.15) is 0 Å². The number of carbonyl (C=O) groups excluding carboxylic acids is 1. The lowest BCUT2D eigenvalue weighted by atomic mass is 9.96. The monoisotopic (exact) mass is 501 g/mol. The Hall–Kier alpha value is -3.42. The average molecular weight is 502 g/mol. The van der Waals surface area contributed by atoms with Crippen molar-refractivity contribution in [1.29, 1.82) is 0 Å². The van der Waals surface area contributed by atoms with Crippen molar-refractivity contribution in [3.05, 3.63) is 83.3 Å². The molecular formula is C28H28ClN5O2. The lowest BCUT2D eigenvalue weighted by Gasteiger charge is -2.34. The molecule has 3 aromatic heterocycles. The fourth-order valence-electron chi connectivity index (χ4n) is 4.78. The second kappa shape index (κ2) is 9.91. The van der Waals surface area contributed by atoms with Crippen molar-refractivity contribution in [2.24, 2.45) is 0 Å². The minimum Gasteiger partial charge on any atom is -0.474 e. The van der Waals surface area contributed by atoms with Crippen LogP contribution < -0.4 is 4.74 Å². The predicted octanol–water partition coefficient (Wildman–Crippen LogP) is 4.94. The summed E-state index contributed by atoms with van der Waals surface area (Å²) in [4.78, 5) is 26.8. The van der Waals surface area contributed by atoms with E-state index in [0.717, 1.165) is 55.1 Å². The number of rotatable bonds is 6. The fourth-order valence-corrected chi connectivity index (χ4v) is 4.90. The van der Waals surface area contributed by atoms with Crippen LogP contribution in [0.25, 0.3) is 16.9 Å². The molecule has 1 aliphatic heterocycles. The maximum Gasteiger partial charge on any atom is 0.272 e. The predicted molar refractivity (Wildman–Crippen MR) is 139 cm³/mol. The lowest BCUT2D eigenvalue weighted by molar-refractivity contribution is 0.0617. The molecule has 6 rings (SSSR count). The molecule has 0 N–H and O–H groups in total. The van der Waals surface area contributed by atoms with Gasteiger partial charge < -0.3 is 14.0 Å². The average Bonchev–Trinajstić information content (AvgIpc) is 3.25. The van der Waals surface area contributed by atoms with Crippen LogP contribution in [-0.4, -0.2) is 62.4 Å². The van der Waals surface area contributed by atoms with Crippen molar-refractivity contribution >= 4 is 23.2 Å². The first kappa shape index (κ1) is 23.0. The van der Waals surface area contributed by atoms with Crippen LogP contribution in [0.2, 0.25) is 5.02 Å². The third kappa shape index (κ3) is 4.68. The molecule has 2 fully saturated rings. The second-order valence-electron chi connectivity index (χ2n) is 9.44. The van der Waals surface area contributed by atoms with Gasteiger partial charge in [0.25, 0.3) is 5.91 Å². The van der Waals surface area contributed by atoms with Crippen LogP contribution in [0.3, 0.4) is 0 Å². The molecule has 0 radical (unpaired) electrons. The quantitative estimate of drug-likeness (QED) is 0.374. The SMILES string of the molecule is O=C(c1cccc(OC2CCC2)n1)N1CCN(Cc2c(-c3ccc(Cl)cc3)nc3ccccn23)CC1. The van der Waals surface area contributed by atoms with E-state index in [1.807, 2.05) is 59.5 Å². The van der Waals surface area contributed by atoms with Crippen LogP contribution in [0.5, 0.6) is 5.88 Å². The zero-order chi connectivity index (χ0) is 24.5. The molecule has 1 amide bonds. The highest BCUT2D eigenvalue weighted by atomic mass is 35.5. The minimum atomic E-state index is -0.0367. The smallest absolute Gasteiger partial charge is 0.272 e. The summed E-state index contributed by atoms with van der Waals surface area (Å²) in [6, 6.07) is 19.3. The number of pyridine rings is 2. The first-order chi connectivity index (χ1) is 17.6. The molecule has 0 spiro atoms. The number of halogens is 1. The Morgan fingerprint density at radius 2 is 1.75 bits per heavy atom. The number of nitrogens with zero attached hydrogens (tertiary/aromatic N) is 5. The van der Waals surface area contributed by atoms with Gasteiger partial charge in [0.05, 0.1) is 11.4 Å². The van der Waals surface area contributed by atoms with Gasteiger partial charge in [-0.1, -0.05) is 35.9 Å². The summed E-state index contributed by atoms with van der Waals surface area (Å²) in [6.45, 7) is 3.62. The first-order valence-electron chi connectivity index (χ1n) is 12.5. The van der Waals surface area contributed by atoms with E-state index in [4.69, 9.17) is 21.3 Å². The molecule has 1 saturated heterocycles. The topological polar surface area (TPSA) is 63.0 Å². The van der Waals surface area contributed by atoms with Crippen molar-refractivity contribution in [1.82, 2.24) is 24.2 Å². The van der Waals surface area contributed by atoms with Crippen molar-refractivity contribution in [2.45, 2.75) is 31.9 Å². The number of carbonyl (C=O) groups is 1. The van der Waals surface area contributed by atoms with E-state index in [9.17, 15) is 4.79 Å². The Morgan fingerprint density at radius 1 is 0.944 bits per heavy atom. The zero-order valence-electron chi connectivity index (χ0n) is 20.0. The molecular weight excluding hydrogens is 474 g/mol. The Labute approximate surface area is 215 Å². The van der Waals surface area contributed by atoms with Gasteiger partial charge in [-0.25, -0.2) is 9.97 Å². The van der Waals surface area contributed by atoms with E-state index in [2.05, 4.69) is 20.5 Å². The highest BCUT2D eigenvalue weighted by molar-refractivity contribution is 6.30. The van der Waals surface area contributed by atoms with Gasteiger partial charge in [0.1, 0.15) is 17.4 Å². The molecule has 1 saturated carbocycles. The third-order valence-electron chi connectivity index (χ3n) is 7.06. The first-order valence-corrected chi connectivity index (χ1v) is 12.9. The van der Waals surface area contributed by atoms with Crippen LogP contribution in [0, 0.1) is 0 Å². The van der Waals surface area contributed by atoms with Crippen molar-refractivity contribution in [3.8, 4) is 17.1 Å². The van der Waals surface area contributed by atoms with E-state index in [-0.39, 0.29) is 12.0 Å². The molecule has 4 aromatic rings. The van der Waals surface area contributed by atoms with E-state index in [1.165, 1.54) is 6.42 Å².